The van der Waals surface area contributed by atoms with Crippen molar-refractivity contribution in [2.45, 2.75) is 84.7 Å². The molecule has 2 atom stereocenters. The van der Waals surface area contributed by atoms with Gasteiger partial charge < -0.3 is 18.3 Å². The number of rotatable bonds is 9. The molecule has 0 aliphatic carbocycles. The molecule has 1 saturated heterocycles. The first-order valence-electron chi connectivity index (χ1n) is 7.62. The Hall–Kier alpha value is 0.0569. The molecule has 1 aliphatic rings. The highest BCUT2D eigenvalue weighted by Crippen LogP contribution is 2.39. The maximum atomic E-state index is 6.28. The van der Waals surface area contributed by atoms with Gasteiger partial charge in [0.15, 0.2) is 12.1 Å². The molecule has 0 bridgehead atoms. The highest BCUT2D eigenvalue weighted by Gasteiger charge is 2.51. The summed E-state index contributed by atoms with van der Waals surface area (Å²) in [4.78, 5) is 0. The second-order valence-electron chi connectivity index (χ2n) is 5.32. The third-order valence-electron chi connectivity index (χ3n) is 3.69. The van der Waals surface area contributed by atoms with Crippen LogP contribution >= 0.6 is 0 Å². The summed E-state index contributed by atoms with van der Waals surface area (Å²) in [6.45, 7) is 13.2. The summed E-state index contributed by atoms with van der Waals surface area (Å²) >= 11 is 0. The van der Waals surface area contributed by atoms with E-state index in [9.17, 15) is 0 Å². The molecule has 0 N–H and O–H groups in total. The summed E-state index contributed by atoms with van der Waals surface area (Å²) in [6.07, 6.45) is 2.59. The number of ether oxygens (including phenoxy) is 2. The molecule has 1 heterocycles. The summed E-state index contributed by atoms with van der Waals surface area (Å²) in [7, 11) is -2.11. The van der Waals surface area contributed by atoms with Crippen LogP contribution in [0.5, 0.6) is 0 Å². The fourth-order valence-electron chi connectivity index (χ4n) is 2.65. The van der Waals surface area contributed by atoms with Crippen LogP contribution in [0.15, 0.2) is 0 Å². The van der Waals surface area contributed by atoms with E-state index in [0.29, 0.717) is 6.61 Å². The van der Waals surface area contributed by atoms with Crippen molar-refractivity contribution in [2.75, 3.05) is 6.61 Å². The largest absolute Gasteiger partial charge is 0.395 e. The van der Waals surface area contributed by atoms with Crippen LogP contribution in [0.4, 0.5) is 0 Å². The van der Waals surface area contributed by atoms with E-state index in [0.717, 1.165) is 25.3 Å². The Labute approximate surface area is 119 Å². The lowest BCUT2D eigenvalue weighted by atomic mass is 10.1. The van der Waals surface area contributed by atoms with Gasteiger partial charge >= 0.3 is 8.56 Å². The average Bonchev–Trinajstić information content (AvgIpc) is 2.29. The Morgan fingerprint density at radius 1 is 1.21 bits per heavy atom. The molecule has 1 rings (SSSR count). The lowest BCUT2D eigenvalue weighted by Crippen LogP contribution is -2.62. The van der Waals surface area contributed by atoms with E-state index in [4.69, 9.17) is 18.3 Å². The molecule has 0 saturated carbocycles. The minimum Gasteiger partial charge on any atom is -0.395 e. The van der Waals surface area contributed by atoms with Gasteiger partial charge in [-0.2, -0.15) is 0 Å². The van der Waals surface area contributed by atoms with Crippen LogP contribution in [-0.4, -0.2) is 33.3 Å². The van der Waals surface area contributed by atoms with Crippen LogP contribution in [0, 0.1) is 0 Å². The first kappa shape index (κ1) is 17.1. The Balaban J connectivity index is 2.63. The molecule has 0 amide bonds. The lowest BCUT2D eigenvalue weighted by molar-refractivity contribution is -0.471. The van der Waals surface area contributed by atoms with Crippen molar-refractivity contribution in [1.29, 1.82) is 0 Å². The fraction of sp³-hybridized carbons (Fsp3) is 1.00. The number of hydrogen-bond donors (Lipinski definition) is 0. The van der Waals surface area contributed by atoms with Gasteiger partial charge in [-0.05, 0) is 32.9 Å². The van der Waals surface area contributed by atoms with E-state index >= 15 is 0 Å². The first-order chi connectivity index (χ1) is 8.95. The molecule has 0 aromatic heterocycles. The fourth-order valence-corrected chi connectivity index (χ4v) is 5.43. The van der Waals surface area contributed by atoms with Gasteiger partial charge in [0.1, 0.15) is 0 Å². The van der Waals surface area contributed by atoms with Gasteiger partial charge in [0, 0.05) is 13.0 Å². The van der Waals surface area contributed by atoms with E-state index in [-0.39, 0.29) is 12.4 Å². The Kier molecular flexibility index (Phi) is 6.46. The zero-order valence-electron chi connectivity index (χ0n) is 13.3. The van der Waals surface area contributed by atoms with Crippen molar-refractivity contribution >= 4 is 8.56 Å². The van der Waals surface area contributed by atoms with Crippen molar-refractivity contribution in [3.63, 3.8) is 0 Å². The quantitative estimate of drug-likeness (QED) is 0.605. The van der Waals surface area contributed by atoms with E-state index in [1.807, 2.05) is 13.8 Å². The van der Waals surface area contributed by atoms with E-state index < -0.39 is 14.3 Å². The highest BCUT2D eigenvalue weighted by atomic mass is 28.4. The maximum absolute atomic E-state index is 6.28. The Morgan fingerprint density at radius 2 is 1.84 bits per heavy atom. The van der Waals surface area contributed by atoms with Crippen LogP contribution in [0.3, 0.4) is 0 Å². The van der Waals surface area contributed by atoms with Gasteiger partial charge in [-0.25, -0.2) is 0 Å². The van der Waals surface area contributed by atoms with E-state index in [1.54, 1.807) is 0 Å². The predicted octanol–water partition coefficient (Wildman–Crippen LogP) is 3.80. The molecule has 1 fully saturated rings. The molecule has 0 aromatic rings. The molecular weight excluding hydrogens is 260 g/mol. The summed E-state index contributed by atoms with van der Waals surface area (Å²) < 4.78 is 24.0. The lowest BCUT2D eigenvalue weighted by Gasteiger charge is -2.51. The summed E-state index contributed by atoms with van der Waals surface area (Å²) in [5.41, 5.74) is 0. The third-order valence-corrected chi connectivity index (χ3v) is 6.85. The third kappa shape index (κ3) is 4.01. The molecule has 114 valence electrons. The topological polar surface area (TPSA) is 36.9 Å². The molecule has 0 aromatic carbocycles. The molecule has 19 heavy (non-hydrogen) atoms. The molecular formula is C14H30O4Si. The monoisotopic (exact) mass is 290 g/mol. The Morgan fingerprint density at radius 3 is 2.26 bits per heavy atom. The predicted molar refractivity (Wildman–Crippen MR) is 78.2 cm³/mol. The van der Waals surface area contributed by atoms with Crippen LogP contribution in [0.2, 0.25) is 12.6 Å². The minimum atomic E-state index is -2.11. The van der Waals surface area contributed by atoms with Crippen molar-refractivity contribution in [1.82, 2.24) is 0 Å². The number of hydrogen-bond acceptors (Lipinski definition) is 4. The summed E-state index contributed by atoms with van der Waals surface area (Å²) in [5.74, 6) is -0.570. The summed E-state index contributed by atoms with van der Waals surface area (Å²) in [5, 5.41) is 0. The standard InChI is InChI=1S/C14H30O4Si/c1-7-11-19(6,15-10-4)18-12(5)14(9-3)16-13(8-2)17-14/h12-13H,7-11H2,1-6H3. The van der Waals surface area contributed by atoms with Gasteiger partial charge in [0.2, 0.25) is 0 Å². The SMILES string of the molecule is CCC[Si](C)(OCC)OC(C)C1(CC)OC(CC)O1. The van der Waals surface area contributed by atoms with Crippen molar-refractivity contribution in [3.8, 4) is 0 Å². The van der Waals surface area contributed by atoms with Gasteiger partial charge in [0.05, 0.1) is 6.10 Å². The zero-order valence-corrected chi connectivity index (χ0v) is 14.3. The second-order valence-corrected chi connectivity index (χ2v) is 8.61. The van der Waals surface area contributed by atoms with Gasteiger partial charge in [-0.3, -0.25) is 0 Å². The second kappa shape index (κ2) is 7.18. The van der Waals surface area contributed by atoms with Crippen molar-refractivity contribution in [3.05, 3.63) is 0 Å². The first-order valence-corrected chi connectivity index (χ1v) is 10.1. The van der Waals surface area contributed by atoms with Crippen LogP contribution < -0.4 is 0 Å². The molecule has 2 unspecified atom stereocenters. The van der Waals surface area contributed by atoms with Crippen molar-refractivity contribution < 1.29 is 18.3 Å². The highest BCUT2D eigenvalue weighted by molar-refractivity contribution is 6.66. The molecule has 0 radical (unpaired) electrons. The van der Waals surface area contributed by atoms with E-state index in [1.165, 1.54) is 0 Å². The van der Waals surface area contributed by atoms with Crippen LogP contribution in [-0.2, 0) is 18.3 Å². The van der Waals surface area contributed by atoms with Crippen LogP contribution in [0.1, 0.15) is 53.9 Å². The maximum Gasteiger partial charge on any atom is 0.335 e. The van der Waals surface area contributed by atoms with Crippen molar-refractivity contribution in [2.24, 2.45) is 0 Å². The van der Waals surface area contributed by atoms with Gasteiger partial charge in [-0.1, -0.05) is 27.2 Å². The molecule has 4 nitrogen and oxygen atoms in total. The normalized spacial score (nSPS) is 31.6. The smallest absolute Gasteiger partial charge is 0.335 e. The molecule has 1 aliphatic heterocycles. The minimum absolute atomic E-state index is 0.0720. The Bertz CT molecular complexity index is 260. The molecule has 5 heteroatoms. The summed E-state index contributed by atoms with van der Waals surface area (Å²) in [6, 6.07) is 1.00. The van der Waals surface area contributed by atoms with Gasteiger partial charge in [-0.15, -0.1) is 0 Å². The average molecular weight is 290 g/mol. The molecule has 0 spiro atoms. The van der Waals surface area contributed by atoms with Crippen LogP contribution in [0.25, 0.3) is 0 Å². The van der Waals surface area contributed by atoms with E-state index in [2.05, 4.69) is 27.3 Å². The van der Waals surface area contributed by atoms with Gasteiger partial charge in [0.25, 0.3) is 0 Å². The zero-order chi connectivity index (χ0) is 14.5.